The average Bonchev–Trinajstić information content (AvgIpc) is 2.68. The lowest BCUT2D eigenvalue weighted by Gasteiger charge is -2.33. The first kappa shape index (κ1) is 18.3. The van der Waals surface area contributed by atoms with Gasteiger partial charge in [0.25, 0.3) is 5.91 Å². The Morgan fingerprint density at radius 1 is 1.12 bits per heavy atom. The number of benzene rings is 2. The Balaban J connectivity index is 1.78. The molecule has 1 amide bonds. The van der Waals surface area contributed by atoms with Crippen molar-refractivity contribution in [3.8, 4) is 11.5 Å². The molecule has 2 aromatic rings. The molecule has 1 heterocycles. The van der Waals surface area contributed by atoms with E-state index in [1.54, 1.807) is 47.9 Å². The number of nitrogens with zero attached hydrogens (tertiary/aromatic N) is 1. The van der Waals surface area contributed by atoms with Crippen LogP contribution in [0.4, 0.5) is 0 Å². The van der Waals surface area contributed by atoms with Gasteiger partial charge in [-0.15, -0.1) is 0 Å². The molecule has 0 aliphatic carbocycles. The van der Waals surface area contributed by atoms with Crippen molar-refractivity contribution < 1.29 is 19.1 Å². The van der Waals surface area contributed by atoms with E-state index in [4.69, 9.17) is 9.47 Å². The summed E-state index contributed by atoms with van der Waals surface area (Å²) in [7, 11) is 0. The number of amides is 1. The van der Waals surface area contributed by atoms with E-state index in [-0.39, 0.29) is 11.9 Å². The highest BCUT2D eigenvalue weighted by molar-refractivity contribution is 7.99. The Morgan fingerprint density at radius 2 is 1.88 bits per heavy atom. The number of carbonyl (C=O) groups is 2. The van der Waals surface area contributed by atoms with Crippen LogP contribution in [0, 0.1) is 0 Å². The van der Waals surface area contributed by atoms with Crippen LogP contribution in [-0.2, 0) is 9.53 Å². The van der Waals surface area contributed by atoms with Gasteiger partial charge in [-0.2, -0.15) is 11.8 Å². The number of carbonyl (C=O) groups excluding carboxylic acids is 2. The molecule has 2 aromatic carbocycles. The van der Waals surface area contributed by atoms with Crippen LogP contribution >= 0.6 is 11.8 Å². The summed E-state index contributed by atoms with van der Waals surface area (Å²) in [6.07, 6.45) is 0. The van der Waals surface area contributed by atoms with E-state index >= 15 is 0 Å². The summed E-state index contributed by atoms with van der Waals surface area (Å²) in [6, 6.07) is 15.9. The number of hydrogen-bond acceptors (Lipinski definition) is 5. The van der Waals surface area contributed by atoms with Crippen molar-refractivity contribution in [3.63, 3.8) is 0 Å². The summed E-state index contributed by atoms with van der Waals surface area (Å²) in [4.78, 5) is 26.8. The lowest BCUT2D eigenvalue weighted by molar-refractivity contribution is -0.147. The van der Waals surface area contributed by atoms with Crippen LogP contribution in [0.3, 0.4) is 0 Å². The van der Waals surface area contributed by atoms with E-state index in [1.807, 2.05) is 30.3 Å². The molecule has 3 rings (SSSR count). The van der Waals surface area contributed by atoms with Crippen molar-refractivity contribution >= 4 is 23.6 Å². The summed E-state index contributed by atoms with van der Waals surface area (Å²) in [5, 5.41) is 0. The molecular formula is C20H21NO4S. The molecular weight excluding hydrogens is 350 g/mol. The Hall–Kier alpha value is -2.47. The van der Waals surface area contributed by atoms with Crippen LogP contribution in [0.2, 0.25) is 0 Å². The number of ether oxygens (including phenoxy) is 2. The predicted molar refractivity (Wildman–Crippen MR) is 102 cm³/mol. The molecule has 0 saturated carbocycles. The Kier molecular flexibility index (Phi) is 6.17. The average molecular weight is 371 g/mol. The van der Waals surface area contributed by atoms with Gasteiger partial charge in [-0.3, -0.25) is 4.79 Å². The molecule has 1 fully saturated rings. The molecule has 1 aliphatic rings. The molecule has 26 heavy (non-hydrogen) atoms. The molecule has 0 radical (unpaired) electrons. The SMILES string of the molecule is CCOC(=O)C1CSCCN1C(=O)c1cccc(Oc2ccccc2)c1. The smallest absolute Gasteiger partial charge is 0.329 e. The number of para-hydroxylation sites is 1. The summed E-state index contributed by atoms with van der Waals surface area (Å²) in [5.74, 6) is 2.13. The van der Waals surface area contributed by atoms with Gasteiger partial charge in [-0.05, 0) is 37.3 Å². The molecule has 6 heteroatoms. The van der Waals surface area contributed by atoms with Gasteiger partial charge in [0.2, 0.25) is 0 Å². The number of esters is 1. The van der Waals surface area contributed by atoms with Gasteiger partial charge in [0.15, 0.2) is 0 Å². The van der Waals surface area contributed by atoms with Gasteiger partial charge in [-0.1, -0.05) is 24.3 Å². The molecule has 0 bridgehead atoms. The number of rotatable bonds is 5. The second kappa shape index (κ2) is 8.76. The summed E-state index contributed by atoms with van der Waals surface area (Å²) >= 11 is 1.66. The summed E-state index contributed by atoms with van der Waals surface area (Å²) in [6.45, 7) is 2.60. The highest BCUT2D eigenvalue weighted by Crippen LogP contribution is 2.25. The second-order valence-corrected chi connectivity index (χ2v) is 6.93. The van der Waals surface area contributed by atoms with E-state index < -0.39 is 6.04 Å². The third kappa shape index (κ3) is 4.38. The third-order valence-corrected chi connectivity index (χ3v) is 5.03. The highest BCUT2D eigenvalue weighted by atomic mass is 32.2. The van der Waals surface area contributed by atoms with Crippen molar-refractivity contribution in [2.45, 2.75) is 13.0 Å². The first-order chi connectivity index (χ1) is 12.7. The largest absolute Gasteiger partial charge is 0.464 e. The predicted octanol–water partition coefficient (Wildman–Crippen LogP) is 3.60. The zero-order chi connectivity index (χ0) is 18.4. The maximum absolute atomic E-state index is 13.0. The van der Waals surface area contributed by atoms with Crippen LogP contribution in [0.25, 0.3) is 0 Å². The van der Waals surface area contributed by atoms with Gasteiger partial charge in [-0.25, -0.2) is 4.79 Å². The molecule has 0 spiro atoms. The fourth-order valence-corrected chi connectivity index (χ4v) is 3.80. The fraction of sp³-hybridized carbons (Fsp3) is 0.300. The molecule has 0 aromatic heterocycles. The molecule has 1 saturated heterocycles. The van der Waals surface area contributed by atoms with Crippen molar-refractivity contribution in [2.24, 2.45) is 0 Å². The van der Waals surface area contributed by atoms with E-state index in [0.717, 1.165) is 5.75 Å². The maximum atomic E-state index is 13.0. The topological polar surface area (TPSA) is 55.8 Å². The lowest BCUT2D eigenvalue weighted by atomic mass is 10.1. The molecule has 136 valence electrons. The van der Waals surface area contributed by atoms with E-state index in [1.165, 1.54) is 0 Å². The Morgan fingerprint density at radius 3 is 2.65 bits per heavy atom. The zero-order valence-corrected chi connectivity index (χ0v) is 15.4. The van der Waals surface area contributed by atoms with Crippen molar-refractivity contribution in [1.82, 2.24) is 4.90 Å². The van der Waals surface area contributed by atoms with Crippen LogP contribution in [0.5, 0.6) is 11.5 Å². The van der Waals surface area contributed by atoms with Crippen LogP contribution in [0.1, 0.15) is 17.3 Å². The molecule has 0 N–H and O–H groups in total. The van der Waals surface area contributed by atoms with Crippen LogP contribution in [0.15, 0.2) is 54.6 Å². The van der Waals surface area contributed by atoms with Gasteiger partial charge >= 0.3 is 5.97 Å². The zero-order valence-electron chi connectivity index (χ0n) is 14.6. The summed E-state index contributed by atoms with van der Waals surface area (Å²) in [5.41, 5.74) is 0.500. The van der Waals surface area contributed by atoms with E-state index in [0.29, 0.717) is 36.0 Å². The van der Waals surface area contributed by atoms with Crippen molar-refractivity contribution in [2.75, 3.05) is 24.7 Å². The number of thioether (sulfide) groups is 1. The summed E-state index contributed by atoms with van der Waals surface area (Å²) < 4.78 is 10.9. The van der Waals surface area contributed by atoms with E-state index in [9.17, 15) is 9.59 Å². The van der Waals surface area contributed by atoms with Gasteiger partial charge in [0, 0.05) is 23.6 Å². The fourth-order valence-electron chi connectivity index (χ4n) is 2.76. The van der Waals surface area contributed by atoms with Crippen molar-refractivity contribution in [1.29, 1.82) is 0 Å². The second-order valence-electron chi connectivity index (χ2n) is 5.78. The quantitative estimate of drug-likeness (QED) is 0.752. The highest BCUT2D eigenvalue weighted by Gasteiger charge is 2.34. The van der Waals surface area contributed by atoms with Gasteiger partial charge in [0.1, 0.15) is 17.5 Å². The molecule has 5 nitrogen and oxygen atoms in total. The third-order valence-electron chi connectivity index (χ3n) is 4.01. The Labute approximate surface area is 157 Å². The maximum Gasteiger partial charge on any atom is 0.329 e. The van der Waals surface area contributed by atoms with Gasteiger partial charge in [0.05, 0.1) is 6.61 Å². The minimum absolute atomic E-state index is 0.179. The molecule has 1 unspecified atom stereocenters. The van der Waals surface area contributed by atoms with Crippen LogP contribution in [-0.4, -0.2) is 47.5 Å². The first-order valence-corrected chi connectivity index (χ1v) is 9.73. The minimum Gasteiger partial charge on any atom is -0.464 e. The number of hydrogen-bond donors (Lipinski definition) is 0. The van der Waals surface area contributed by atoms with Crippen LogP contribution < -0.4 is 4.74 Å². The normalized spacial score (nSPS) is 16.8. The van der Waals surface area contributed by atoms with E-state index in [2.05, 4.69) is 0 Å². The first-order valence-electron chi connectivity index (χ1n) is 8.57. The standard InChI is InChI=1S/C20H21NO4S/c1-2-24-20(23)18-14-26-12-11-21(18)19(22)15-7-6-10-17(13-15)25-16-8-4-3-5-9-16/h3-10,13,18H,2,11-12,14H2,1H3. The minimum atomic E-state index is -0.542. The monoisotopic (exact) mass is 371 g/mol. The van der Waals surface area contributed by atoms with Gasteiger partial charge < -0.3 is 14.4 Å². The van der Waals surface area contributed by atoms with Crippen molar-refractivity contribution in [3.05, 3.63) is 60.2 Å². The lowest BCUT2D eigenvalue weighted by Crippen LogP contribution is -2.51. The Bertz CT molecular complexity index is 765. The molecule has 1 aliphatic heterocycles. The molecule has 1 atom stereocenters.